The Hall–Kier alpha value is -1.60. The number of nitrogens with zero attached hydrogens (tertiary/aromatic N) is 1. The predicted octanol–water partition coefficient (Wildman–Crippen LogP) is 1.70. The first-order valence-corrected chi connectivity index (χ1v) is 10.0. The summed E-state index contributed by atoms with van der Waals surface area (Å²) in [5, 5.41) is 2.61. The van der Waals surface area contributed by atoms with Crippen molar-refractivity contribution in [3.8, 4) is 5.75 Å². The van der Waals surface area contributed by atoms with Crippen molar-refractivity contribution in [3.63, 3.8) is 0 Å². The number of nitrogens with one attached hydrogen (secondary N) is 1. The second kappa shape index (κ2) is 9.03. The number of carbonyl (C=O) groups excluding carboxylic acids is 1. The average molecular weight is 354 g/mol. The molecule has 1 aromatic carbocycles. The molecule has 1 saturated heterocycles. The lowest BCUT2D eigenvalue weighted by molar-refractivity contribution is -0.122. The molecule has 1 N–H and O–H groups in total. The van der Waals surface area contributed by atoms with Crippen molar-refractivity contribution >= 4 is 15.9 Å². The van der Waals surface area contributed by atoms with Gasteiger partial charge in [0.25, 0.3) is 5.91 Å². The van der Waals surface area contributed by atoms with E-state index in [1.165, 1.54) is 0 Å². The monoisotopic (exact) mass is 354 g/mol. The van der Waals surface area contributed by atoms with Crippen LogP contribution in [-0.4, -0.2) is 50.6 Å². The Morgan fingerprint density at radius 2 is 1.75 bits per heavy atom. The molecule has 0 atom stereocenters. The molecule has 1 heterocycles. The smallest absolute Gasteiger partial charge is 0.257 e. The SMILES string of the molecule is Cc1ccc(OCC(=O)NCCS(=O)(=O)N2CCCCCC2)cc1. The molecule has 7 heteroatoms. The summed E-state index contributed by atoms with van der Waals surface area (Å²) in [5.41, 5.74) is 1.12. The summed E-state index contributed by atoms with van der Waals surface area (Å²) in [6.07, 6.45) is 3.99. The highest BCUT2D eigenvalue weighted by Gasteiger charge is 2.22. The van der Waals surface area contributed by atoms with Gasteiger partial charge >= 0.3 is 0 Å². The summed E-state index contributed by atoms with van der Waals surface area (Å²) < 4.78 is 31.5. The lowest BCUT2D eigenvalue weighted by Crippen LogP contribution is -2.39. The molecular formula is C17H26N2O4S. The van der Waals surface area contributed by atoms with Crippen LogP contribution in [-0.2, 0) is 14.8 Å². The molecule has 0 radical (unpaired) electrons. The highest BCUT2D eigenvalue weighted by Crippen LogP contribution is 2.13. The van der Waals surface area contributed by atoms with E-state index >= 15 is 0 Å². The van der Waals surface area contributed by atoms with Crippen LogP contribution in [0.1, 0.15) is 31.2 Å². The minimum atomic E-state index is -3.30. The van der Waals surface area contributed by atoms with E-state index in [9.17, 15) is 13.2 Å². The summed E-state index contributed by atoms with van der Waals surface area (Å²) in [6, 6.07) is 7.40. The Bertz CT molecular complexity index is 620. The molecule has 0 aromatic heterocycles. The second-order valence-electron chi connectivity index (χ2n) is 6.08. The van der Waals surface area contributed by atoms with Gasteiger partial charge in [0, 0.05) is 19.6 Å². The second-order valence-corrected chi connectivity index (χ2v) is 8.17. The highest BCUT2D eigenvalue weighted by molar-refractivity contribution is 7.89. The number of sulfonamides is 1. The van der Waals surface area contributed by atoms with Gasteiger partial charge in [0.2, 0.25) is 10.0 Å². The Kier molecular flexibility index (Phi) is 7.05. The number of rotatable bonds is 7. The van der Waals surface area contributed by atoms with Crippen LogP contribution in [0.25, 0.3) is 0 Å². The fourth-order valence-electron chi connectivity index (χ4n) is 2.60. The van der Waals surface area contributed by atoms with Gasteiger partial charge in [0.05, 0.1) is 5.75 Å². The van der Waals surface area contributed by atoms with E-state index in [0.717, 1.165) is 31.2 Å². The lowest BCUT2D eigenvalue weighted by atomic mass is 10.2. The quantitative estimate of drug-likeness (QED) is 0.809. The maximum absolute atomic E-state index is 12.3. The third kappa shape index (κ3) is 6.13. The van der Waals surface area contributed by atoms with Crippen LogP contribution in [0.15, 0.2) is 24.3 Å². The number of aryl methyl sites for hydroxylation is 1. The molecule has 2 rings (SSSR count). The summed E-state index contributed by atoms with van der Waals surface area (Å²) >= 11 is 0. The molecule has 1 fully saturated rings. The van der Waals surface area contributed by atoms with Crippen LogP contribution in [0.5, 0.6) is 5.75 Å². The maximum atomic E-state index is 12.3. The summed E-state index contributed by atoms with van der Waals surface area (Å²) in [6.45, 7) is 3.14. The first-order valence-electron chi connectivity index (χ1n) is 8.41. The van der Waals surface area contributed by atoms with Gasteiger partial charge in [0.15, 0.2) is 6.61 Å². The number of hydrogen-bond donors (Lipinski definition) is 1. The molecule has 1 aromatic rings. The summed E-state index contributed by atoms with van der Waals surface area (Å²) in [7, 11) is -3.30. The molecule has 24 heavy (non-hydrogen) atoms. The van der Waals surface area contributed by atoms with E-state index in [1.54, 1.807) is 16.4 Å². The summed E-state index contributed by atoms with van der Waals surface area (Å²) in [4.78, 5) is 11.8. The third-order valence-corrected chi connectivity index (χ3v) is 5.90. The number of amides is 1. The van der Waals surface area contributed by atoms with E-state index in [4.69, 9.17) is 4.74 Å². The van der Waals surface area contributed by atoms with E-state index in [2.05, 4.69) is 5.32 Å². The molecule has 0 unspecified atom stereocenters. The van der Waals surface area contributed by atoms with E-state index in [1.807, 2.05) is 19.1 Å². The number of benzene rings is 1. The first-order chi connectivity index (χ1) is 11.5. The van der Waals surface area contributed by atoms with Crippen molar-refractivity contribution in [2.24, 2.45) is 0 Å². The molecule has 0 spiro atoms. The van der Waals surface area contributed by atoms with Gasteiger partial charge in [-0.05, 0) is 31.9 Å². The minimum absolute atomic E-state index is 0.0662. The van der Waals surface area contributed by atoms with Crippen molar-refractivity contribution in [2.75, 3.05) is 32.0 Å². The zero-order chi connectivity index (χ0) is 17.4. The van der Waals surface area contributed by atoms with Gasteiger partial charge in [0.1, 0.15) is 5.75 Å². The normalized spacial score (nSPS) is 16.4. The van der Waals surface area contributed by atoms with Gasteiger partial charge in [-0.1, -0.05) is 30.5 Å². The van der Waals surface area contributed by atoms with Crippen LogP contribution in [0, 0.1) is 6.92 Å². The Balaban J connectivity index is 1.70. The van der Waals surface area contributed by atoms with Gasteiger partial charge < -0.3 is 10.1 Å². The van der Waals surface area contributed by atoms with E-state index in [0.29, 0.717) is 18.8 Å². The van der Waals surface area contributed by atoms with Gasteiger partial charge in [-0.3, -0.25) is 4.79 Å². The lowest BCUT2D eigenvalue weighted by Gasteiger charge is -2.19. The van der Waals surface area contributed by atoms with Crippen LogP contribution >= 0.6 is 0 Å². The van der Waals surface area contributed by atoms with E-state index in [-0.39, 0.29) is 24.8 Å². The zero-order valence-electron chi connectivity index (χ0n) is 14.2. The van der Waals surface area contributed by atoms with Crippen molar-refractivity contribution in [2.45, 2.75) is 32.6 Å². The molecule has 0 bridgehead atoms. The molecule has 1 aliphatic heterocycles. The minimum Gasteiger partial charge on any atom is -0.484 e. The highest BCUT2D eigenvalue weighted by atomic mass is 32.2. The predicted molar refractivity (Wildman–Crippen MR) is 93.5 cm³/mol. The van der Waals surface area contributed by atoms with Crippen molar-refractivity contribution in [1.29, 1.82) is 0 Å². The molecule has 134 valence electrons. The van der Waals surface area contributed by atoms with Crippen LogP contribution < -0.4 is 10.1 Å². The molecule has 6 nitrogen and oxygen atoms in total. The largest absolute Gasteiger partial charge is 0.484 e. The zero-order valence-corrected chi connectivity index (χ0v) is 15.0. The molecular weight excluding hydrogens is 328 g/mol. The fourth-order valence-corrected chi connectivity index (χ4v) is 4.04. The molecule has 1 amide bonds. The Labute approximate surface area is 144 Å². The topological polar surface area (TPSA) is 75.7 Å². The number of ether oxygens (including phenoxy) is 1. The van der Waals surface area contributed by atoms with Crippen molar-refractivity contribution in [1.82, 2.24) is 9.62 Å². The summed E-state index contributed by atoms with van der Waals surface area (Å²) in [5.74, 6) is 0.234. The Morgan fingerprint density at radius 1 is 1.12 bits per heavy atom. The van der Waals surface area contributed by atoms with E-state index < -0.39 is 10.0 Å². The average Bonchev–Trinajstić information content (AvgIpc) is 2.84. The van der Waals surface area contributed by atoms with Crippen molar-refractivity contribution in [3.05, 3.63) is 29.8 Å². The number of carbonyl (C=O) groups is 1. The molecule has 1 aliphatic rings. The number of hydrogen-bond acceptors (Lipinski definition) is 4. The van der Waals surface area contributed by atoms with Crippen LogP contribution in [0.2, 0.25) is 0 Å². The molecule has 0 aliphatic carbocycles. The third-order valence-electron chi connectivity index (χ3n) is 4.03. The first kappa shape index (κ1) is 18.7. The molecule has 0 saturated carbocycles. The van der Waals surface area contributed by atoms with Crippen molar-refractivity contribution < 1.29 is 17.9 Å². The van der Waals surface area contributed by atoms with Gasteiger partial charge in [-0.15, -0.1) is 0 Å². The maximum Gasteiger partial charge on any atom is 0.257 e. The van der Waals surface area contributed by atoms with Crippen LogP contribution in [0.4, 0.5) is 0 Å². The van der Waals surface area contributed by atoms with Gasteiger partial charge in [-0.25, -0.2) is 12.7 Å². The Morgan fingerprint density at radius 3 is 2.38 bits per heavy atom. The van der Waals surface area contributed by atoms with Gasteiger partial charge in [-0.2, -0.15) is 0 Å². The standard InChI is InChI=1S/C17H26N2O4S/c1-15-6-8-16(9-7-15)23-14-17(20)18-10-13-24(21,22)19-11-4-2-3-5-12-19/h6-9H,2-5,10-14H2,1H3,(H,18,20). The van der Waals surface area contributed by atoms with Crippen LogP contribution in [0.3, 0.4) is 0 Å². The fraction of sp³-hybridized carbons (Fsp3) is 0.588.